The second-order valence-electron chi connectivity index (χ2n) is 11.6. The number of aryl methyl sites for hydroxylation is 2. The first-order valence-corrected chi connectivity index (χ1v) is 16.4. The van der Waals surface area contributed by atoms with Crippen molar-refractivity contribution in [3.8, 4) is 0 Å². The van der Waals surface area contributed by atoms with E-state index in [0.29, 0.717) is 18.7 Å². The molecule has 216 valence electrons. The van der Waals surface area contributed by atoms with Crippen molar-refractivity contribution >= 4 is 38.1 Å². The number of unbranched alkanes of at least 4 members (excludes halogenated alkanes) is 1. The average molecular weight is 594 g/mol. The Bertz CT molecular complexity index is 1610. The van der Waals surface area contributed by atoms with E-state index in [1.807, 2.05) is 30.3 Å². The van der Waals surface area contributed by atoms with Gasteiger partial charge in [-0.1, -0.05) is 71.3 Å². The fourth-order valence-electron chi connectivity index (χ4n) is 6.38. The van der Waals surface area contributed by atoms with Crippen LogP contribution in [0.25, 0.3) is 10.8 Å². The van der Waals surface area contributed by atoms with Crippen molar-refractivity contribution in [3.63, 3.8) is 0 Å². The predicted octanol–water partition coefficient (Wildman–Crippen LogP) is 8.43. The van der Waals surface area contributed by atoms with Gasteiger partial charge in [-0.3, -0.25) is 4.31 Å². The van der Waals surface area contributed by atoms with Crippen molar-refractivity contribution in [1.82, 2.24) is 0 Å². The number of piperidine rings is 1. The molecule has 1 aliphatic heterocycles. The van der Waals surface area contributed by atoms with Gasteiger partial charge in [0.2, 0.25) is 0 Å². The third-order valence-electron chi connectivity index (χ3n) is 8.31. The summed E-state index contributed by atoms with van der Waals surface area (Å²) in [6, 6.07) is 23.8. The first kappa shape index (κ1) is 29.6. The van der Waals surface area contributed by atoms with Crippen LogP contribution in [0.2, 0.25) is 5.02 Å². The molecule has 41 heavy (non-hydrogen) atoms. The molecule has 0 unspecified atom stereocenters. The SMILES string of the molecule is Cc1cc(C)cc(C[N+]2(CCCCN(c3ccc(F)c(Cl)c3)S(=O)(=O)c3ccc4ccccc4c3)CCCCC2)c1. The zero-order valence-electron chi connectivity index (χ0n) is 24.0. The minimum atomic E-state index is -3.91. The Kier molecular flexibility index (Phi) is 9.03. The minimum absolute atomic E-state index is 0.0903. The number of sulfonamides is 1. The molecule has 0 atom stereocenters. The van der Waals surface area contributed by atoms with E-state index < -0.39 is 15.8 Å². The lowest BCUT2D eigenvalue weighted by molar-refractivity contribution is -0.945. The number of halogens is 2. The van der Waals surface area contributed by atoms with Crippen molar-refractivity contribution in [2.45, 2.75) is 57.4 Å². The quantitative estimate of drug-likeness (QED) is 0.137. The van der Waals surface area contributed by atoms with Gasteiger partial charge in [-0.05, 0) is 87.1 Å². The Morgan fingerprint density at radius 2 is 1.54 bits per heavy atom. The first-order chi connectivity index (χ1) is 19.6. The molecule has 0 N–H and O–H groups in total. The van der Waals surface area contributed by atoms with Gasteiger partial charge in [0.1, 0.15) is 12.4 Å². The maximum atomic E-state index is 14.0. The summed E-state index contributed by atoms with van der Waals surface area (Å²) in [6.07, 6.45) is 5.30. The smallest absolute Gasteiger partial charge is 0.264 e. The molecular weight excluding hydrogens is 555 g/mol. The maximum absolute atomic E-state index is 14.0. The Balaban J connectivity index is 1.37. The molecule has 4 aromatic rings. The van der Waals surface area contributed by atoms with E-state index in [0.717, 1.165) is 47.9 Å². The van der Waals surface area contributed by atoms with Crippen molar-refractivity contribution in [3.05, 3.63) is 106 Å². The summed E-state index contributed by atoms with van der Waals surface area (Å²) in [4.78, 5) is 0.214. The van der Waals surface area contributed by atoms with Gasteiger partial charge in [0.05, 0.1) is 35.2 Å². The fraction of sp³-hybridized carbons (Fsp3) is 0.353. The molecule has 0 radical (unpaired) electrons. The molecule has 0 aliphatic carbocycles. The average Bonchev–Trinajstić information content (AvgIpc) is 2.94. The van der Waals surface area contributed by atoms with Crippen molar-refractivity contribution in [2.24, 2.45) is 0 Å². The van der Waals surface area contributed by atoms with Crippen LogP contribution in [0.3, 0.4) is 0 Å². The first-order valence-electron chi connectivity index (χ1n) is 14.5. The largest absolute Gasteiger partial charge is 0.320 e. The number of rotatable bonds is 10. The predicted molar refractivity (Wildman–Crippen MR) is 167 cm³/mol. The maximum Gasteiger partial charge on any atom is 0.264 e. The summed E-state index contributed by atoms with van der Waals surface area (Å²) in [6.45, 7) is 8.92. The lowest BCUT2D eigenvalue weighted by Crippen LogP contribution is -2.51. The molecule has 0 amide bonds. The molecular formula is C34H39ClFN2O2S+. The van der Waals surface area contributed by atoms with Gasteiger partial charge in [0.25, 0.3) is 10.0 Å². The van der Waals surface area contributed by atoms with Gasteiger partial charge in [-0.25, -0.2) is 12.8 Å². The third kappa shape index (κ3) is 6.94. The van der Waals surface area contributed by atoms with Crippen LogP contribution >= 0.6 is 11.6 Å². The normalized spacial score (nSPS) is 15.2. The number of nitrogens with zero attached hydrogens (tertiary/aromatic N) is 2. The van der Waals surface area contributed by atoms with E-state index in [4.69, 9.17) is 11.6 Å². The summed E-state index contributed by atoms with van der Waals surface area (Å²) in [5.74, 6) is -0.568. The van der Waals surface area contributed by atoms with Gasteiger partial charge < -0.3 is 4.48 Å². The number of anilines is 1. The molecule has 0 bridgehead atoms. The summed E-state index contributed by atoms with van der Waals surface area (Å²) in [5, 5.41) is 1.74. The van der Waals surface area contributed by atoms with Crippen LogP contribution in [0.5, 0.6) is 0 Å². The number of quaternary nitrogens is 1. The van der Waals surface area contributed by atoms with E-state index in [2.05, 4.69) is 32.0 Å². The van der Waals surface area contributed by atoms with E-state index >= 15 is 0 Å². The van der Waals surface area contributed by atoms with Gasteiger partial charge in [0.15, 0.2) is 0 Å². The summed E-state index contributed by atoms with van der Waals surface area (Å²) < 4.78 is 44.5. The summed E-state index contributed by atoms with van der Waals surface area (Å²) >= 11 is 6.11. The number of benzene rings is 4. The standard InChI is InChI=1S/C34H39ClFN2O2S/c1-26-20-27(2)22-28(21-26)25-38(17-7-3-8-18-38)19-9-6-16-37(31-13-15-34(36)33(35)24-31)41(39,40)32-14-12-29-10-4-5-11-30(29)23-32/h4-5,10-15,20-24H,3,6-9,16-19,25H2,1-2H3/q+1. The molecule has 4 nitrogen and oxygen atoms in total. The molecule has 1 saturated heterocycles. The van der Waals surface area contributed by atoms with Crippen LogP contribution in [-0.2, 0) is 16.6 Å². The van der Waals surface area contributed by atoms with Crippen LogP contribution in [0.4, 0.5) is 10.1 Å². The van der Waals surface area contributed by atoms with Crippen LogP contribution in [0.15, 0.2) is 83.8 Å². The lowest BCUT2D eigenvalue weighted by atomic mass is 10.0. The monoisotopic (exact) mass is 593 g/mol. The zero-order valence-corrected chi connectivity index (χ0v) is 25.5. The zero-order chi connectivity index (χ0) is 29.0. The highest BCUT2D eigenvalue weighted by Crippen LogP contribution is 2.30. The van der Waals surface area contributed by atoms with Gasteiger partial charge in [0, 0.05) is 12.1 Å². The van der Waals surface area contributed by atoms with Crippen molar-refractivity contribution < 1.29 is 17.3 Å². The van der Waals surface area contributed by atoms with Gasteiger partial charge in [-0.15, -0.1) is 0 Å². The third-order valence-corrected chi connectivity index (χ3v) is 10.4. The van der Waals surface area contributed by atoms with Crippen LogP contribution in [0, 0.1) is 19.7 Å². The Labute approximate surface area is 249 Å². The summed E-state index contributed by atoms with van der Waals surface area (Å²) in [7, 11) is -3.91. The van der Waals surface area contributed by atoms with Gasteiger partial charge in [-0.2, -0.15) is 0 Å². The van der Waals surface area contributed by atoms with Crippen molar-refractivity contribution in [1.29, 1.82) is 0 Å². The number of fused-ring (bicyclic) bond motifs is 1. The molecule has 1 heterocycles. The fourth-order valence-corrected chi connectivity index (χ4v) is 8.08. The van der Waals surface area contributed by atoms with Crippen LogP contribution < -0.4 is 4.31 Å². The molecule has 0 saturated carbocycles. The van der Waals surface area contributed by atoms with Crippen LogP contribution in [0.1, 0.15) is 48.8 Å². The molecule has 0 spiro atoms. The van der Waals surface area contributed by atoms with E-state index in [1.54, 1.807) is 12.1 Å². The molecule has 4 aromatic carbocycles. The Morgan fingerprint density at radius 3 is 2.24 bits per heavy atom. The van der Waals surface area contributed by atoms with E-state index in [1.165, 1.54) is 58.5 Å². The van der Waals surface area contributed by atoms with Crippen molar-refractivity contribution in [2.75, 3.05) is 30.5 Å². The Morgan fingerprint density at radius 1 is 0.829 bits per heavy atom. The number of hydrogen-bond donors (Lipinski definition) is 0. The second kappa shape index (κ2) is 12.5. The highest BCUT2D eigenvalue weighted by molar-refractivity contribution is 7.92. The molecule has 1 aliphatic rings. The second-order valence-corrected chi connectivity index (χ2v) is 13.9. The topological polar surface area (TPSA) is 37.4 Å². The van der Waals surface area contributed by atoms with E-state index in [9.17, 15) is 12.8 Å². The highest BCUT2D eigenvalue weighted by Gasteiger charge is 2.31. The Hall–Kier alpha value is -2.93. The lowest BCUT2D eigenvalue weighted by Gasteiger charge is -2.42. The van der Waals surface area contributed by atoms with E-state index in [-0.39, 0.29) is 9.92 Å². The number of hydrogen-bond acceptors (Lipinski definition) is 2. The minimum Gasteiger partial charge on any atom is -0.320 e. The summed E-state index contributed by atoms with van der Waals surface area (Å²) in [5.41, 5.74) is 4.35. The highest BCUT2D eigenvalue weighted by atomic mass is 35.5. The van der Waals surface area contributed by atoms with Gasteiger partial charge >= 0.3 is 0 Å². The molecule has 7 heteroatoms. The molecule has 5 rings (SSSR count). The molecule has 0 aromatic heterocycles. The molecule has 1 fully saturated rings. The number of likely N-dealkylation sites (tertiary alicyclic amines) is 1. The van der Waals surface area contributed by atoms with Crippen LogP contribution in [-0.4, -0.2) is 39.1 Å².